The first-order valence-corrected chi connectivity index (χ1v) is 12.5. The SMILES string of the molecule is CCn1c(SCC(=O)N2N=C(c3cccs3)CC2c2cccs2)nnc1C1CC1. The lowest BCUT2D eigenvalue weighted by Crippen LogP contribution is -2.28. The fraction of sp³-hybridized carbons (Fsp3) is 0.400. The molecule has 1 amide bonds. The van der Waals surface area contributed by atoms with Gasteiger partial charge in [-0.15, -0.1) is 32.9 Å². The van der Waals surface area contributed by atoms with Crippen LogP contribution in [0.5, 0.6) is 0 Å². The van der Waals surface area contributed by atoms with Crippen molar-refractivity contribution in [3.05, 3.63) is 50.6 Å². The first-order valence-electron chi connectivity index (χ1n) is 9.77. The fourth-order valence-corrected chi connectivity index (χ4v) is 5.97. The Morgan fingerprint density at radius 2 is 2.03 bits per heavy atom. The van der Waals surface area contributed by atoms with E-state index >= 15 is 0 Å². The quantitative estimate of drug-likeness (QED) is 0.494. The van der Waals surface area contributed by atoms with Gasteiger partial charge in [0.2, 0.25) is 0 Å². The zero-order chi connectivity index (χ0) is 19.8. The molecule has 1 aliphatic heterocycles. The van der Waals surface area contributed by atoms with Crippen LogP contribution in [0.4, 0.5) is 0 Å². The van der Waals surface area contributed by atoms with E-state index in [2.05, 4.69) is 39.2 Å². The second-order valence-corrected chi connectivity index (χ2v) is 10.0. The average molecular weight is 444 g/mol. The first-order chi connectivity index (χ1) is 14.2. The van der Waals surface area contributed by atoms with E-state index in [1.54, 1.807) is 27.7 Å². The van der Waals surface area contributed by atoms with Gasteiger partial charge >= 0.3 is 0 Å². The molecule has 3 aromatic heterocycles. The number of thioether (sulfide) groups is 1. The Hall–Kier alpha value is -1.97. The van der Waals surface area contributed by atoms with Crippen LogP contribution in [0.1, 0.15) is 53.7 Å². The Kier molecular flexibility index (Phi) is 5.28. The van der Waals surface area contributed by atoms with Crippen molar-refractivity contribution in [3.8, 4) is 0 Å². The lowest BCUT2D eigenvalue weighted by Gasteiger charge is -2.20. The van der Waals surface area contributed by atoms with Crippen molar-refractivity contribution in [2.45, 2.75) is 49.8 Å². The van der Waals surface area contributed by atoms with Crippen LogP contribution in [0.2, 0.25) is 0 Å². The van der Waals surface area contributed by atoms with Gasteiger partial charge in [0.05, 0.1) is 22.4 Å². The summed E-state index contributed by atoms with van der Waals surface area (Å²) in [6.45, 7) is 2.93. The highest BCUT2D eigenvalue weighted by atomic mass is 32.2. The predicted octanol–water partition coefficient (Wildman–Crippen LogP) is 4.77. The van der Waals surface area contributed by atoms with Gasteiger partial charge in [0.1, 0.15) is 5.82 Å². The summed E-state index contributed by atoms with van der Waals surface area (Å²) in [4.78, 5) is 15.4. The van der Waals surface area contributed by atoms with Crippen LogP contribution < -0.4 is 0 Å². The normalized spacial score (nSPS) is 19.0. The Bertz CT molecular complexity index is 1020. The predicted molar refractivity (Wildman–Crippen MR) is 118 cm³/mol. The molecular formula is C20H21N5OS3. The molecule has 9 heteroatoms. The third-order valence-electron chi connectivity index (χ3n) is 5.17. The molecule has 1 saturated carbocycles. The molecule has 1 unspecified atom stereocenters. The monoisotopic (exact) mass is 443 g/mol. The zero-order valence-corrected chi connectivity index (χ0v) is 18.5. The highest BCUT2D eigenvalue weighted by Crippen LogP contribution is 2.40. The van der Waals surface area contributed by atoms with Gasteiger partial charge in [-0.2, -0.15) is 5.10 Å². The Balaban J connectivity index is 1.34. The minimum Gasteiger partial charge on any atom is -0.306 e. The summed E-state index contributed by atoms with van der Waals surface area (Å²) >= 11 is 4.81. The second kappa shape index (κ2) is 8.04. The van der Waals surface area contributed by atoms with E-state index in [-0.39, 0.29) is 11.9 Å². The molecule has 2 aliphatic rings. The Morgan fingerprint density at radius 3 is 2.72 bits per heavy atom. The lowest BCUT2D eigenvalue weighted by atomic mass is 10.1. The number of aromatic nitrogens is 3. The molecule has 0 spiro atoms. The maximum Gasteiger partial charge on any atom is 0.253 e. The second-order valence-electron chi connectivity index (χ2n) is 7.15. The van der Waals surface area contributed by atoms with Crippen molar-refractivity contribution in [3.63, 3.8) is 0 Å². The summed E-state index contributed by atoms with van der Waals surface area (Å²) in [5.41, 5.74) is 0.990. The van der Waals surface area contributed by atoms with Crippen LogP contribution in [-0.4, -0.2) is 37.1 Å². The highest BCUT2D eigenvalue weighted by Gasteiger charge is 2.34. The number of hydrazone groups is 1. The number of hydrogen-bond acceptors (Lipinski definition) is 7. The number of hydrogen-bond donors (Lipinski definition) is 0. The number of thiophene rings is 2. The van der Waals surface area contributed by atoms with Gasteiger partial charge in [-0.05, 0) is 42.7 Å². The fourth-order valence-electron chi connectivity index (χ4n) is 3.57. The van der Waals surface area contributed by atoms with E-state index < -0.39 is 0 Å². The third kappa shape index (κ3) is 3.78. The molecule has 1 fully saturated rings. The molecule has 5 rings (SSSR count). The lowest BCUT2D eigenvalue weighted by molar-refractivity contribution is -0.130. The van der Waals surface area contributed by atoms with E-state index in [9.17, 15) is 4.79 Å². The van der Waals surface area contributed by atoms with Crippen molar-refractivity contribution < 1.29 is 4.79 Å². The number of rotatable bonds is 7. The zero-order valence-electron chi connectivity index (χ0n) is 16.0. The molecule has 1 atom stereocenters. The van der Waals surface area contributed by atoms with Gasteiger partial charge in [-0.25, -0.2) is 5.01 Å². The molecule has 1 aliphatic carbocycles. The summed E-state index contributed by atoms with van der Waals surface area (Å²) in [6.07, 6.45) is 3.14. The summed E-state index contributed by atoms with van der Waals surface area (Å²) in [6, 6.07) is 8.19. The van der Waals surface area contributed by atoms with Gasteiger partial charge in [-0.3, -0.25) is 4.79 Å². The van der Waals surface area contributed by atoms with Gasteiger partial charge < -0.3 is 4.57 Å². The van der Waals surface area contributed by atoms with Crippen molar-refractivity contribution in [2.75, 3.05) is 5.75 Å². The topological polar surface area (TPSA) is 63.4 Å². The van der Waals surface area contributed by atoms with E-state index in [0.29, 0.717) is 11.7 Å². The van der Waals surface area contributed by atoms with Gasteiger partial charge in [-0.1, -0.05) is 23.9 Å². The summed E-state index contributed by atoms with van der Waals surface area (Å²) < 4.78 is 2.15. The number of amides is 1. The maximum absolute atomic E-state index is 13.1. The Morgan fingerprint density at radius 1 is 1.21 bits per heavy atom. The maximum atomic E-state index is 13.1. The molecule has 3 aromatic rings. The highest BCUT2D eigenvalue weighted by molar-refractivity contribution is 7.99. The van der Waals surface area contributed by atoms with Crippen molar-refractivity contribution >= 4 is 46.1 Å². The van der Waals surface area contributed by atoms with Crippen molar-refractivity contribution in [1.82, 2.24) is 19.8 Å². The third-order valence-corrected chi connectivity index (χ3v) is 8.02. The average Bonchev–Trinajstić information content (AvgIpc) is 3.23. The smallest absolute Gasteiger partial charge is 0.253 e. The molecule has 0 bridgehead atoms. The van der Waals surface area contributed by atoms with Crippen LogP contribution in [-0.2, 0) is 11.3 Å². The van der Waals surface area contributed by atoms with Crippen LogP contribution in [0.25, 0.3) is 0 Å². The standard InChI is InChI=1S/C20H21N5OS3/c1-2-24-19(13-7-8-13)21-22-20(24)29-12-18(26)25-15(17-6-4-10-28-17)11-14(23-25)16-5-3-9-27-16/h3-6,9-10,13,15H,2,7-8,11-12H2,1H3. The van der Waals surface area contributed by atoms with Crippen LogP contribution in [0.3, 0.4) is 0 Å². The minimum absolute atomic E-state index is 0.0126. The first kappa shape index (κ1) is 19.0. The van der Waals surface area contributed by atoms with E-state index in [0.717, 1.165) is 34.5 Å². The summed E-state index contributed by atoms with van der Waals surface area (Å²) in [5, 5.41) is 20.1. The molecule has 0 radical (unpaired) electrons. The molecule has 0 saturated heterocycles. The van der Waals surface area contributed by atoms with E-state index in [4.69, 9.17) is 5.10 Å². The van der Waals surface area contributed by atoms with Gasteiger partial charge in [0, 0.05) is 23.8 Å². The van der Waals surface area contributed by atoms with Crippen LogP contribution >= 0.6 is 34.4 Å². The minimum atomic E-state index is -0.0220. The van der Waals surface area contributed by atoms with Crippen LogP contribution in [0, 0.1) is 0 Å². The van der Waals surface area contributed by atoms with Gasteiger partial charge in [0.15, 0.2) is 5.16 Å². The molecule has 0 aromatic carbocycles. The molecule has 4 heterocycles. The number of nitrogens with zero attached hydrogens (tertiary/aromatic N) is 5. The molecule has 29 heavy (non-hydrogen) atoms. The van der Waals surface area contributed by atoms with Crippen molar-refractivity contribution in [2.24, 2.45) is 5.10 Å². The number of carbonyl (C=O) groups excluding carboxylic acids is 1. The summed E-state index contributed by atoms with van der Waals surface area (Å²) in [7, 11) is 0. The largest absolute Gasteiger partial charge is 0.306 e. The Labute approximate surface area is 181 Å². The number of carbonyl (C=O) groups is 1. The molecule has 0 N–H and O–H groups in total. The van der Waals surface area contributed by atoms with Crippen molar-refractivity contribution in [1.29, 1.82) is 0 Å². The molecule has 150 valence electrons. The molecular weight excluding hydrogens is 422 g/mol. The molecule has 6 nitrogen and oxygen atoms in total. The van der Waals surface area contributed by atoms with Gasteiger partial charge in [0.25, 0.3) is 5.91 Å². The van der Waals surface area contributed by atoms with Crippen LogP contribution in [0.15, 0.2) is 45.3 Å². The van der Waals surface area contributed by atoms with E-state index in [1.807, 2.05) is 17.5 Å². The van der Waals surface area contributed by atoms with E-state index in [1.165, 1.54) is 29.5 Å². The summed E-state index contributed by atoms with van der Waals surface area (Å²) in [5.74, 6) is 1.94.